The topological polar surface area (TPSA) is 57.8 Å². The average Bonchev–Trinajstić information content (AvgIpc) is 3.15. The molecular weight excluding hydrogens is 257 g/mol. The third-order valence-corrected chi connectivity index (χ3v) is 3.95. The van der Waals surface area contributed by atoms with Gasteiger partial charge in [-0.2, -0.15) is 5.10 Å². The number of H-pyrrole nitrogens is 1. The maximum atomic E-state index is 13.9. The van der Waals surface area contributed by atoms with Crippen LogP contribution < -0.4 is 5.32 Å². The van der Waals surface area contributed by atoms with Crippen molar-refractivity contribution in [2.75, 3.05) is 0 Å². The van der Waals surface area contributed by atoms with Crippen LogP contribution in [0.15, 0.2) is 30.5 Å². The number of hydrogen-bond donors (Lipinski definition) is 2. The highest BCUT2D eigenvalue weighted by Crippen LogP contribution is 2.49. The number of amides is 1. The molecule has 1 fully saturated rings. The van der Waals surface area contributed by atoms with Gasteiger partial charge in [0.1, 0.15) is 5.82 Å². The highest BCUT2D eigenvalue weighted by molar-refractivity contribution is 5.91. The summed E-state index contributed by atoms with van der Waals surface area (Å²) in [6.07, 6.45) is 3.09. The molecule has 1 heterocycles. The Bertz CT molecular complexity index is 646. The maximum absolute atomic E-state index is 13.9. The molecule has 1 aliphatic carbocycles. The summed E-state index contributed by atoms with van der Waals surface area (Å²) in [5.41, 5.74) is 1.70. The summed E-state index contributed by atoms with van der Waals surface area (Å²) in [6.45, 7) is 2.32. The quantitative estimate of drug-likeness (QED) is 0.897. The van der Waals surface area contributed by atoms with Crippen molar-refractivity contribution < 1.29 is 9.18 Å². The first-order chi connectivity index (χ1) is 9.63. The molecule has 2 N–H and O–H groups in total. The molecule has 1 aliphatic rings. The molecule has 0 unspecified atom stereocenters. The lowest BCUT2D eigenvalue weighted by Gasteiger charge is -2.16. The number of aryl methyl sites for hydroxylation is 1. The number of halogens is 1. The van der Waals surface area contributed by atoms with Gasteiger partial charge in [0.2, 0.25) is 5.91 Å². The second kappa shape index (κ2) is 4.74. The normalized spacial score (nSPS) is 15.9. The molecule has 0 bridgehead atoms. The van der Waals surface area contributed by atoms with Gasteiger partial charge < -0.3 is 5.32 Å². The number of hydrogen-bond acceptors (Lipinski definition) is 2. The molecule has 1 aromatic heterocycles. The van der Waals surface area contributed by atoms with E-state index in [0.29, 0.717) is 24.9 Å². The van der Waals surface area contributed by atoms with Crippen molar-refractivity contribution in [1.29, 1.82) is 0 Å². The molecule has 2 aromatic rings. The van der Waals surface area contributed by atoms with Crippen LogP contribution in [-0.4, -0.2) is 16.1 Å². The van der Waals surface area contributed by atoms with Gasteiger partial charge in [-0.25, -0.2) is 4.39 Å². The zero-order valence-electron chi connectivity index (χ0n) is 11.2. The number of aromatic amines is 1. The lowest BCUT2D eigenvalue weighted by Crippen LogP contribution is -2.34. The Morgan fingerprint density at radius 3 is 2.80 bits per heavy atom. The third-order valence-electron chi connectivity index (χ3n) is 3.95. The number of nitrogens with one attached hydrogen (secondary N) is 2. The van der Waals surface area contributed by atoms with Crippen LogP contribution in [0.3, 0.4) is 0 Å². The summed E-state index contributed by atoms with van der Waals surface area (Å²) in [6, 6.07) is 6.52. The van der Waals surface area contributed by atoms with Crippen LogP contribution in [0.5, 0.6) is 0 Å². The lowest BCUT2D eigenvalue weighted by atomic mass is 9.94. The number of carbonyl (C=O) groups is 1. The van der Waals surface area contributed by atoms with E-state index >= 15 is 0 Å². The van der Waals surface area contributed by atoms with E-state index in [1.54, 1.807) is 24.4 Å². The van der Waals surface area contributed by atoms with Crippen molar-refractivity contribution in [3.63, 3.8) is 0 Å². The average molecular weight is 273 g/mol. The fourth-order valence-electron chi connectivity index (χ4n) is 2.49. The lowest BCUT2D eigenvalue weighted by molar-refractivity contribution is -0.123. The largest absolute Gasteiger partial charge is 0.351 e. The first-order valence-corrected chi connectivity index (χ1v) is 6.66. The summed E-state index contributed by atoms with van der Waals surface area (Å²) < 4.78 is 13.9. The summed E-state index contributed by atoms with van der Waals surface area (Å²) in [5, 5.41) is 9.63. The number of benzene rings is 1. The first-order valence-electron chi connectivity index (χ1n) is 6.66. The molecule has 0 atom stereocenters. The highest BCUT2D eigenvalue weighted by Gasteiger charge is 2.52. The van der Waals surface area contributed by atoms with Crippen LogP contribution in [0.25, 0.3) is 0 Å². The SMILES string of the molecule is Cc1[nH]ncc1CNC(=O)C1(c2ccccc2F)CC1. The summed E-state index contributed by atoms with van der Waals surface area (Å²) in [5.74, 6) is -0.414. The minimum Gasteiger partial charge on any atom is -0.351 e. The van der Waals surface area contributed by atoms with Crippen LogP contribution in [0, 0.1) is 12.7 Å². The van der Waals surface area contributed by atoms with Gasteiger partial charge >= 0.3 is 0 Å². The van der Waals surface area contributed by atoms with Gasteiger partial charge in [-0.05, 0) is 25.8 Å². The van der Waals surface area contributed by atoms with E-state index < -0.39 is 5.41 Å². The summed E-state index contributed by atoms with van der Waals surface area (Å²) in [4.78, 5) is 12.4. The van der Waals surface area contributed by atoms with Gasteiger partial charge in [0.05, 0.1) is 11.6 Å². The Morgan fingerprint density at radius 1 is 1.45 bits per heavy atom. The van der Waals surface area contributed by atoms with Gasteiger partial charge in [0.15, 0.2) is 0 Å². The molecule has 0 radical (unpaired) electrons. The Kier molecular flexibility index (Phi) is 3.04. The van der Waals surface area contributed by atoms with Gasteiger partial charge in [0.25, 0.3) is 0 Å². The van der Waals surface area contributed by atoms with E-state index in [-0.39, 0.29) is 11.7 Å². The van der Waals surface area contributed by atoms with E-state index in [9.17, 15) is 9.18 Å². The van der Waals surface area contributed by atoms with Crippen LogP contribution >= 0.6 is 0 Å². The molecule has 4 nitrogen and oxygen atoms in total. The zero-order chi connectivity index (χ0) is 14.2. The number of nitrogens with zero attached hydrogens (tertiary/aromatic N) is 1. The van der Waals surface area contributed by atoms with Gasteiger partial charge in [0, 0.05) is 23.4 Å². The maximum Gasteiger partial charge on any atom is 0.231 e. The summed E-state index contributed by atoms with van der Waals surface area (Å²) >= 11 is 0. The Balaban J connectivity index is 1.74. The Morgan fingerprint density at radius 2 is 2.20 bits per heavy atom. The van der Waals surface area contributed by atoms with Gasteiger partial charge in [-0.1, -0.05) is 18.2 Å². The van der Waals surface area contributed by atoms with E-state index in [4.69, 9.17) is 0 Å². The molecule has 1 amide bonds. The molecule has 0 aliphatic heterocycles. The van der Waals surface area contributed by atoms with Crippen molar-refractivity contribution in [1.82, 2.24) is 15.5 Å². The molecule has 20 heavy (non-hydrogen) atoms. The molecule has 3 rings (SSSR count). The smallest absolute Gasteiger partial charge is 0.231 e. The third kappa shape index (κ3) is 2.09. The molecule has 0 spiro atoms. The molecule has 1 saturated carbocycles. The van der Waals surface area contributed by atoms with Crippen LogP contribution in [0.2, 0.25) is 0 Å². The molecular formula is C15H16FN3O. The zero-order valence-corrected chi connectivity index (χ0v) is 11.2. The highest BCUT2D eigenvalue weighted by atomic mass is 19.1. The van der Waals surface area contributed by atoms with E-state index in [2.05, 4.69) is 15.5 Å². The van der Waals surface area contributed by atoms with Crippen LogP contribution in [0.4, 0.5) is 4.39 Å². The van der Waals surface area contributed by atoms with Crippen LogP contribution in [0.1, 0.15) is 29.7 Å². The van der Waals surface area contributed by atoms with Crippen molar-refractivity contribution in [2.24, 2.45) is 0 Å². The van der Waals surface area contributed by atoms with Crippen LogP contribution in [-0.2, 0) is 16.8 Å². The van der Waals surface area contributed by atoms with Gasteiger partial charge in [-0.15, -0.1) is 0 Å². The molecule has 0 saturated heterocycles. The second-order valence-corrected chi connectivity index (χ2v) is 5.26. The fraction of sp³-hybridized carbons (Fsp3) is 0.333. The predicted molar refractivity (Wildman–Crippen MR) is 72.5 cm³/mol. The molecule has 5 heteroatoms. The molecule has 1 aromatic carbocycles. The van der Waals surface area contributed by atoms with Crippen molar-refractivity contribution >= 4 is 5.91 Å². The Labute approximate surface area is 116 Å². The number of aromatic nitrogens is 2. The Hall–Kier alpha value is -2.17. The van der Waals surface area contributed by atoms with Crippen molar-refractivity contribution in [2.45, 2.75) is 31.7 Å². The van der Waals surface area contributed by atoms with E-state index in [1.165, 1.54) is 6.07 Å². The number of rotatable bonds is 4. The monoisotopic (exact) mass is 273 g/mol. The second-order valence-electron chi connectivity index (χ2n) is 5.26. The van der Waals surface area contributed by atoms with Crippen molar-refractivity contribution in [3.05, 3.63) is 53.1 Å². The first kappa shape index (κ1) is 12.8. The fourth-order valence-corrected chi connectivity index (χ4v) is 2.49. The van der Waals surface area contributed by atoms with E-state index in [1.807, 2.05) is 6.92 Å². The summed E-state index contributed by atoms with van der Waals surface area (Å²) in [7, 11) is 0. The minimum atomic E-state index is -0.678. The standard InChI is InChI=1S/C15H16FN3O/c1-10-11(9-18-19-10)8-17-14(20)15(6-7-15)12-4-2-3-5-13(12)16/h2-5,9H,6-8H2,1H3,(H,17,20)(H,18,19). The van der Waals surface area contributed by atoms with E-state index in [0.717, 1.165) is 11.3 Å². The van der Waals surface area contributed by atoms with Gasteiger partial charge in [-0.3, -0.25) is 9.89 Å². The van der Waals surface area contributed by atoms with Crippen molar-refractivity contribution in [3.8, 4) is 0 Å². The minimum absolute atomic E-state index is 0.108. The number of carbonyl (C=O) groups excluding carboxylic acids is 1. The molecule has 104 valence electrons. The predicted octanol–water partition coefficient (Wildman–Crippen LogP) is 2.21.